The number of rotatable bonds is 4. The van der Waals surface area contributed by atoms with Gasteiger partial charge in [0.1, 0.15) is 5.69 Å². The fraction of sp³-hybridized carbons (Fsp3) is 0.133. The first-order chi connectivity index (χ1) is 9.99. The molecule has 5 nitrogen and oxygen atoms in total. The molecule has 0 aliphatic rings. The number of carbonyl (C=O) groups is 2. The Labute approximate surface area is 126 Å². The summed E-state index contributed by atoms with van der Waals surface area (Å²) in [5.41, 5.74) is 0.718. The molecule has 0 fully saturated rings. The maximum atomic E-state index is 12.3. The normalized spacial score (nSPS) is 10.2. The summed E-state index contributed by atoms with van der Waals surface area (Å²) in [5, 5.41) is 9.71. The summed E-state index contributed by atoms with van der Waals surface area (Å²) in [7, 11) is 1.59. The van der Waals surface area contributed by atoms with Gasteiger partial charge in [-0.15, -0.1) is 0 Å². The Morgan fingerprint density at radius 1 is 1.24 bits per heavy atom. The van der Waals surface area contributed by atoms with Crippen LogP contribution in [0, 0.1) is 0 Å². The number of pyridine rings is 1. The van der Waals surface area contributed by atoms with Gasteiger partial charge in [-0.3, -0.25) is 9.78 Å². The summed E-state index contributed by atoms with van der Waals surface area (Å²) >= 11 is 5.81. The molecule has 1 aromatic carbocycles. The van der Waals surface area contributed by atoms with Crippen LogP contribution in [0.2, 0.25) is 5.02 Å². The Balaban J connectivity index is 2.20. The molecular weight excluding hydrogens is 292 g/mol. The van der Waals surface area contributed by atoms with E-state index >= 15 is 0 Å². The predicted octanol–water partition coefficient (Wildman–Crippen LogP) is 2.71. The predicted molar refractivity (Wildman–Crippen MR) is 78.4 cm³/mol. The summed E-state index contributed by atoms with van der Waals surface area (Å²) in [5.74, 6) is -1.62. The second-order valence-corrected chi connectivity index (χ2v) is 4.93. The number of carbonyl (C=O) groups excluding carboxylic acids is 1. The molecule has 0 aliphatic carbocycles. The number of amides is 1. The van der Waals surface area contributed by atoms with Gasteiger partial charge in [0.2, 0.25) is 0 Å². The van der Waals surface area contributed by atoms with Crippen LogP contribution < -0.4 is 0 Å². The molecule has 0 radical (unpaired) electrons. The molecular formula is C15H13ClN2O3. The van der Waals surface area contributed by atoms with Crippen LogP contribution in [0.5, 0.6) is 0 Å². The number of carboxylic acid groups (broad SMARTS) is 1. The minimum Gasteiger partial charge on any atom is -0.478 e. The minimum atomic E-state index is -1.17. The van der Waals surface area contributed by atoms with E-state index in [1.54, 1.807) is 19.2 Å². The van der Waals surface area contributed by atoms with E-state index in [2.05, 4.69) is 4.98 Å². The number of nitrogens with zero attached hydrogens (tertiary/aromatic N) is 2. The summed E-state index contributed by atoms with van der Waals surface area (Å²) in [6, 6.07) is 9.93. The van der Waals surface area contributed by atoms with Gasteiger partial charge >= 0.3 is 5.97 Å². The average molecular weight is 305 g/mol. The van der Waals surface area contributed by atoms with Gasteiger partial charge in [-0.1, -0.05) is 23.7 Å². The van der Waals surface area contributed by atoms with Crippen LogP contribution in [-0.4, -0.2) is 33.9 Å². The van der Waals surface area contributed by atoms with Crippen LogP contribution in [0.15, 0.2) is 42.6 Å². The van der Waals surface area contributed by atoms with Crippen molar-refractivity contribution in [1.29, 1.82) is 0 Å². The van der Waals surface area contributed by atoms with Crippen LogP contribution in [0.3, 0.4) is 0 Å². The quantitative estimate of drug-likeness (QED) is 0.943. The van der Waals surface area contributed by atoms with Crippen molar-refractivity contribution in [2.45, 2.75) is 6.54 Å². The van der Waals surface area contributed by atoms with E-state index in [4.69, 9.17) is 16.7 Å². The lowest BCUT2D eigenvalue weighted by atomic mass is 10.1. The zero-order valence-corrected chi connectivity index (χ0v) is 12.0. The van der Waals surface area contributed by atoms with Crippen LogP contribution in [0.25, 0.3) is 0 Å². The summed E-state index contributed by atoms with van der Waals surface area (Å²) in [6.07, 6.45) is 1.40. The first-order valence-corrected chi connectivity index (χ1v) is 6.55. The SMILES string of the molecule is CN(Cc1ccc(Cl)cc1)C(=O)c1ncccc1C(=O)O. The Bertz CT molecular complexity index is 671. The smallest absolute Gasteiger partial charge is 0.338 e. The third-order valence-electron chi connectivity index (χ3n) is 2.92. The van der Waals surface area contributed by atoms with Gasteiger partial charge in [-0.2, -0.15) is 0 Å². The van der Waals surface area contributed by atoms with E-state index in [9.17, 15) is 9.59 Å². The van der Waals surface area contributed by atoms with E-state index in [1.165, 1.54) is 23.2 Å². The Morgan fingerprint density at radius 2 is 1.90 bits per heavy atom. The van der Waals surface area contributed by atoms with Gasteiger partial charge in [0.05, 0.1) is 5.56 Å². The van der Waals surface area contributed by atoms with Crippen LogP contribution in [0.4, 0.5) is 0 Å². The lowest BCUT2D eigenvalue weighted by molar-refractivity contribution is 0.0678. The van der Waals surface area contributed by atoms with Crippen molar-refractivity contribution >= 4 is 23.5 Å². The first-order valence-electron chi connectivity index (χ1n) is 6.17. The van der Waals surface area contributed by atoms with Gasteiger partial charge in [0.25, 0.3) is 5.91 Å². The zero-order valence-electron chi connectivity index (χ0n) is 11.3. The van der Waals surface area contributed by atoms with Crippen LogP contribution in [-0.2, 0) is 6.54 Å². The molecule has 6 heteroatoms. The molecule has 0 spiro atoms. The summed E-state index contributed by atoms with van der Waals surface area (Å²) in [4.78, 5) is 28.7. The molecule has 21 heavy (non-hydrogen) atoms. The van der Waals surface area contributed by atoms with Gasteiger partial charge < -0.3 is 10.0 Å². The fourth-order valence-corrected chi connectivity index (χ4v) is 1.99. The molecule has 108 valence electrons. The average Bonchev–Trinajstić information content (AvgIpc) is 2.48. The first kappa shape index (κ1) is 15.0. The topological polar surface area (TPSA) is 70.5 Å². The number of benzene rings is 1. The highest BCUT2D eigenvalue weighted by Gasteiger charge is 2.20. The molecule has 1 amide bonds. The maximum Gasteiger partial charge on any atom is 0.338 e. The molecule has 1 aromatic heterocycles. The van der Waals surface area contributed by atoms with Crippen molar-refractivity contribution in [2.24, 2.45) is 0 Å². The summed E-state index contributed by atoms with van der Waals surface area (Å²) in [6.45, 7) is 0.339. The molecule has 1 N–H and O–H groups in total. The van der Waals surface area contributed by atoms with E-state index in [0.717, 1.165) is 5.56 Å². The van der Waals surface area contributed by atoms with E-state index < -0.39 is 11.9 Å². The monoisotopic (exact) mass is 304 g/mol. The highest BCUT2D eigenvalue weighted by Crippen LogP contribution is 2.13. The number of carboxylic acids is 1. The molecule has 0 saturated carbocycles. The number of aromatic carboxylic acids is 1. The van der Waals surface area contributed by atoms with Crippen molar-refractivity contribution in [3.8, 4) is 0 Å². The third kappa shape index (κ3) is 3.58. The number of hydrogen-bond acceptors (Lipinski definition) is 3. The molecule has 0 atom stereocenters. The van der Waals surface area contributed by atoms with Crippen molar-refractivity contribution < 1.29 is 14.7 Å². The fourth-order valence-electron chi connectivity index (χ4n) is 1.86. The molecule has 2 rings (SSSR count). The lowest BCUT2D eigenvalue weighted by Crippen LogP contribution is -2.28. The van der Waals surface area contributed by atoms with Gasteiger partial charge in [0, 0.05) is 24.8 Å². The number of halogens is 1. The molecule has 0 bridgehead atoms. The highest BCUT2D eigenvalue weighted by atomic mass is 35.5. The second-order valence-electron chi connectivity index (χ2n) is 4.49. The highest BCUT2D eigenvalue weighted by molar-refractivity contribution is 6.30. The van der Waals surface area contributed by atoms with Crippen molar-refractivity contribution in [3.63, 3.8) is 0 Å². The van der Waals surface area contributed by atoms with Crippen LogP contribution in [0.1, 0.15) is 26.4 Å². The minimum absolute atomic E-state index is 0.0681. The van der Waals surface area contributed by atoms with E-state index in [-0.39, 0.29) is 11.3 Å². The van der Waals surface area contributed by atoms with Crippen molar-refractivity contribution in [1.82, 2.24) is 9.88 Å². The molecule has 0 aliphatic heterocycles. The van der Waals surface area contributed by atoms with E-state index in [0.29, 0.717) is 11.6 Å². The number of hydrogen-bond donors (Lipinski definition) is 1. The van der Waals surface area contributed by atoms with Crippen LogP contribution >= 0.6 is 11.6 Å². The molecule has 2 aromatic rings. The lowest BCUT2D eigenvalue weighted by Gasteiger charge is -2.17. The van der Waals surface area contributed by atoms with Crippen molar-refractivity contribution in [3.05, 3.63) is 64.4 Å². The van der Waals surface area contributed by atoms with Gasteiger partial charge in [-0.25, -0.2) is 4.79 Å². The summed E-state index contributed by atoms with van der Waals surface area (Å²) < 4.78 is 0. The van der Waals surface area contributed by atoms with Gasteiger partial charge in [0.15, 0.2) is 0 Å². The Hall–Kier alpha value is -2.40. The van der Waals surface area contributed by atoms with Crippen molar-refractivity contribution in [2.75, 3.05) is 7.05 Å². The Kier molecular flexibility index (Phi) is 4.55. The largest absolute Gasteiger partial charge is 0.478 e. The third-order valence-corrected chi connectivity index (χ3v) is 3.17. The second kappa shape index (κ2) is 6.37. The maximum absolute atomic E-state index is 12.3. The van der Waals surface area contributed by atoms with Gasteiger partial charge in [-0.05, 0) is 29.8 Å². The zero-order chi connectivity index (χ0) is 15.4. The molecule has 0 unspecified atom stereocenters. The molecule has 1 heterocycles. The van der Waals surface area contributed by atoms with E-state index in [1.807, 2.05) is 12.1 Å². The Morgan fingerprint density at radius 3 is 2.52 bits per heavy atom. The number of aromatic nitrogens is 1. The molecule has 0 saturated heterocycles. The standard InChI is InChI=1S/C15H13ClN2O3/c1-18(9-10-4-6-11(16)7-5-10)14(19)13-12(15(20)21)3-2-8-17-13/h2-8H,9H2,1H3,(H,20,21).